The summed E-state index contributed by atoms with van der Waals surface area (Å²) in [5.41, 5.74) is 2.01. The summed E-state index contributed by atoms with van der Waals surface area (Å²) in [6.07, 6.45) is 9.92. The van der Waals surface area contributed by atoms with E-state index in [-0.39, 0.29) is 0 Å². The summed E-state index contributed by atoms with van der Waals surface area (Å²) in [7, 11) is 0. The Bertz CT molecular complexity index is 712. The number of hydrogen-bond acceptors (Lipinski definition) is 5. The number of aldehydes is 1. The quantitative estimate of drug-likeness (QED) is 0.200. The average Bonchev–Trinajstić information content (AvgIpc) is 2.83. The van der Waals surface area contributed by atoms with Gasteiger partial charge in [0.2, 0.25) is 0 Å². The van der Waals surface area contributed by atoms with Gasteiger partial charge >= 0.3 is 0 Å². The maximum absolute atomic E-state index is 10.6. The van der Waals surface area contributed by atoms with Crippen LogP contribution in [0, 0.1) is 0 Å². The fourth-order valence-electron chi connectivity index (χ4n) is 3.26. The van der Waals surface area contributed by atoms with Crippen LogP contribution in [-0.4, -0.2) is 45.9 Å². The van der Waals surface area contributed by atoms with E-state index in [9.17, 15) is 4.79 Å². The molecule has 2 rings (SSSR count). The Hall–Kier alpha value is -2.37. The second-order valence-corrected chi connectivity index (χ2v) is 7.77. The summed E-state index contributed by atoms with van der Waals surface area (Å²) >= 11 is 0. The smallest absolute Gasteiger partial charge is 0.150 e. The highest BCUT2D eigenvalue weighted by molar-refractivity contribution is 5.74. The molecule has 0 radical (unpaired) electrons. The normalized spacial score (nSPS) is 10.8. The third kappa shape index (κ3) is 11.9. The van der Waals surface area contributed by atoms with Crippen molar-refractivity contribution in [3.8, 4) is 11.5 Å². The topological polar surface area (TPSA) is 54.0 Å². The van der Waals surface area contributed by atoms with Crippen LogP contribution in [0.3, 0.4) is 0 Å². The third-order valence-corrected chi connectivity index (χ3v) is 5.12. The molecule has 0 saturated heterocycles. The summed E-state index contributed by atoms with van der Waals surface area (Å²) in [6.45, 7) is 5.29. The van der Waals surface area contributed by atoms with Crippen LogP contribution in [0.25, 0.3) is 0 Å². The minimum atomic E-state index is 0.457. The Morgan fingerprint density at radius 3 is 1.69 bits per heavy atom. The van der Waals surface area contributed by atoms with Crippen LogP contribution >= 0.6 is 0 Å². The summed E-state index contributed by atoms with van der Waals surface area (Å²) in [6, 6.07) is 15.4. The van der Waals surface area contributed by atoms with E-state index in [0.29, 0.717) is 45.2 Å². The number of rotatable bonds is 19. The fraction of sp³-hybridized carbons (Fsp3) is 0.519. The number of benzene rings is 2. The lowest BCUT2D eigenvalue weighted by molar-refractivity contribution is 0.0273. The van der Waals surface area contributed by atoms with E-state index in [1.54, 1.807) is 24.3 Å². The van der Waals surface area contributed by atoms with Crippen molar-refractivity contribution in [3.63, 3.8) is 0 Å². The predicted octanol–water partition coefficient (Wildman–Crippen LogP) is 5.89. The SMILES string of the molecule is CCCCCCCCc1ccc(OCCOCCOCCOc2ccc(C=O)cc2)cc1. The number of hydrogen-bond donors (Lipinski definition) is 0. The van der Waals surface area contributed by atoms with Crippen molar-refractivity contribution in [3.05, 3.63) is 59.7 Å². The minimum Gasteiger partial charge on any atom is -0.491 e. The van der Waals surface area contributed by atoms with Crippen molar-refractivity contribution in [2.24, 2.45) is 0 Å². The first-order valence-corrected chi connectivity index (χ1v) is 11.9. The number of carbonyl (C=O) groups is 1. The second-order valence-electron chi connectivity index (χ2n) is 7.77. The van der Waals surface area contributed by atoms with Gasteiger partial charge in [0.1, 0.15) is 31.0 Å². The molecule has 0 aromatic heterocycles. The Labute approximate surface area is 193 Å². The van der Waals surface area contributed by atoms with Gasteiger partial charge in [-0.3, -0.25) is 4.79 Å². The van der Waals surface area contributed by atoms with Crippen molar-refractivity contribution in [1.29, 1.82) is 0 Å². The lowest BCUT2D eigenvalue weighted by Crippen LogP contribution is -2.13. The zero-order valence-electron chi connectivity index (χ0n) is 19.4. The van der Waals surface area contributed by atoms with Gasteiger partial charge in [0, 0.05) is 5.56 Å². The van der Waals surface area contributed by atoms with Crippen molar-refractivity contribution >= 4 is 6.29 Å². The highest BCUT2D eigenvalue weighted by Crippen LogP contribution is 2.15. The first-order valence-electron chi connectivity index (χ1n) is 11.9. The van der Waals surface area contributed by atoms with Gasteiger partial charge in [0.05, 0.1) is 26.4 Å². The van der Waals surface area contributed by atoms with E-state index in [4.69, 9.17) is 18.9 Å². The van der Waals surface area contributed by atoms with Crippen LogP contribution in [0.1, 0.15) is 61.4 Å². The van der Waals surface area contributed by atoms with Crippen LogP contribution in [0.5, 0.6) is 11.5 Å². The zero-order chi connectivity index (χ0) is 22.7. The highest BCUT2D eigenvalue weighted by Gasteiger charge is 1.98. The molecule has 0 spiro atoms. The first-order chi connectivity index (χ1) is 15.8. The number of ether oxygens (including phenoxy) is 4. The minimum absolute atomic E-state index is 0.457. The van der Waals surface area contributed by atoms with Gasteiger partial charge < -0.3 is 18.9 Å². The molecule has 5 nitrogen and oxygen atoms in total. The van der Waals surface area contributed by atoms with Gasteiger partial charge in [0.25, 0.3) is 0 Å². The molecule has 0 aliphatic heterocycles. The number of aryl methyl sites for hydroxylation is 1. The molecule has 0 aliphatic rings. The molecule has 0 saturated carbocycles. The van der Waals surface area contributed by atoms with E-state index in [2.05, 4.69) is 19.1 Å². The third-order valence-electron chi connectivity index (χ3n) is 5.12. The Kier molecular flexibility index (Phi) is 13.9. The van der Waals surface area contributed by atoms with Crippen LogP contribution < -0.4 is 9.47 Å². The molecule has 176 valence electrons. The van der Waals surface area contributed by atoms with E-state index in [0.717, 1.165) is 24.2 Å². The van der Waals surface area contributed by atoms with E-state index in [1.165, 1.54) is 44.1 Å². The van der Waals surface area contributed by atoms with Gasteiger partial charge in [-0.15, -0.1) is 0 Å². The number of carbonyl (C=O) groups excluding carboxylic acids is 1. The fourth-order valence-corrected chi connectivity index (χ4v) is 3.26. The lowest BCUT2D eigenvalue weighted by atomic mass is 10.0. The molecule has 32 heavy (non-hydrogen) atoms. The van der Waals surface area contributed by atoms with Crippen LogP contribution in [0.2, 0.25) is 0 Å². The van der Waals surface area contributed by atoms with Crippen molar-refractivity contribution in [1.82, 2.24) is 0 Å². The Morgan fingerprint density at radius 2 is 1.12 bits per heavy atom. The summed E-state index contributed by atoms with van der Waals surface area (Å²) in [4.78, 5) is 10.6. The molecule has 0 atom stereocenters. The highest BCUT2D eigenvalue weighted by atomic mass is 16.6. The van der Waals surface area contributed by atoms with Crippen LogP contribution in [0.4, 0.5) is 0 Å². The Morgan fingerprint density at radius 1 is 0.625 bits per heavy atom. The maximum Gasteiger partial charge on any atom is 0.150 e. The molecule has 0 amide bonds. The van der Waals surface area contributed by atoms with Crippen molar-refractivity contribution in [2.75, 3.05) is 39.6 Å². The summed E-state index contributed by atoms with van der Waals surface area (Å²) < 4.78 is 22.3. The van der Waals surface area contributed by atoms with Gasteiger partial charge in [-0.1, -0.05) is 51.2 Å². The standard InChI is InChI=1S/C27H38O5/c1-2-3-4-5-6-7-8-24-9-13-26(14-10-24)31-21-19-29-17-18-30-20-22-32-27-15-11-25(23-28)12-16-27/h9-16,23H,2-8,17-22H2,1H3. The van der Waals surface area contributed by atoms with E-state index < -0.39 is 0 Å². The molecule has 0 fully saturated rings. The molecule has 0 aliphatic carbocycles. The molecule has 0 N–H and O–H groups in total. The molecule has 0 heterocycles. The molecule has 0 bridgehead atoms. The molecule has 2 aromatic rings. The van der Waals surface area contributed by atoms with Crippen molar-refractivity contribution < 1.29 is 23.7 Å². The van der Waals surface area contributed by atoms with E-state index >= 15 is 0 Å². The monoisotopic (exact) mass is 442 g/mol. The van der Waals surface area contributed by atoms with Crippen LogP contribution in [-0.2, 0) is 15.9 Å². The molecule has 2 aromatic carbocycles. The lowest BCUT2D eigenvalue weighted by Gasteiger charge is -2.09. The van der Waals surface area contributed by atoms with Gasteiger partial charge in [-0.25, -0.2) is 0 Å². The zero-order valence-corrected chi connectivity index (χ0v) is 19.4. The predicted molar refractivity (Wildman–Crippen MR) is 128 cm³/mol. The molecule has 5 heteroatoms. The average molecular weight is 443 g/mol. The summed E-state index contributed by atoms with van der Waals surface area (Å²) in [5, 5.41) is 0. The van der Waals surface area contributed by atoms with Gasteiger partial charge in [-0.2, -0.15) is 0 Å². The maximum atomic E-state index is 10.6. The van der Waals surface area contributed by atoms with Gasteiger partial charge in [-0.05, 0) is 54.8 Å². The Balaban J connectivity index is 1.40. The van der Waals surface area contributed by atoms with E-state index in [1.807, 2.05) is 12.1 Å². The van der Waals surface area contributed by atoms with Crippen molar-refractivity contribution in [2.45, 2.75) is 51.9 Å². The molecular weight excluding hydrogens is 404 g/mol. The number of unbranched alkanes of at least 4 members (excludes halogenated alkanes) is 5. The summed E-state index contributed by atoms with van der Waals surface area (Å²) in [5.74, 6) is 1.61. The van der Waals surface area contributed by atoms with Gasteiger partial charge in [0.15, 0.2) is 0 Å². The second kappa shape index (κ2) is 17.2. The molecule has 0 unspecified atom stereocenters. The molecular formula is C27H38O5. The van der Waals surface area contributed by atoms with Crippen LogP contribution in [0.15, 0.2) is 48.5 Å². The first kappa shape index (κ1) is 25.9. The largest absolute Gasteiger partial charge is 0.491 e.